The summed E-state index contributed by atoms with van der Waals surface area (Å²) in [5.74, 6) is 4.30. The number of nitrogens with one attached hydrogen (secondary N) is 2. The summed E-state index contributed by atoms with van der Waals surface area (Å²) >= 11 is 2.04. The third-order valence-electron chi connectivity index (χ3n) is 2.39. The molecule has 0 radical (unpaired) electrons. The van der Waals surface area contributed by atoms with Gasteiger partial charge in [-0.05, 0) is 30.3 Å². The van der Waals surface area contributed by atoms with Crippen LogP contribution in [0.2, 0.25) is 0 Å². The van der Waals surface area contributed by atoms with Crippen molar-refractivity contribution in [1.82, 2.24) is 15.2 Å². The number of nitrogens with two attached hydrogens (primary N) is 1. The van der Waals surface area contributed by atoms with Crippen molar-refractivity contribution in [3.05, 3.63) is 0 Å². The summed E-state index contributed by atoms with van der Waals surface area (Å²) in [7, 11) is 0. The van der Waals surface area contributed by atoms with Crippen LogP contribution >= 0.6 is 11.8 Å². The van der Waals surface area contributed by atoms with E-state index in [1.54, 1.807) is 0 Å². The number of aromatic nitrogens is 3. The zero-order valence-electron chi connectivity index (χ0n) is 7.99. The second-order valence-electron chi connectivity index (χ2n) is 3.48. The molecule has 0 aromatic carbocycles. The van der Waals surface area contributed by atoms with Gasteiger partial charge >= 0.3 is 0 Å². The quantitative estimate of drug-likeness (QED) is 0.696. The van der Waals surface area contributed by atoms with Crippen molar-refractivity contribution in [2.45, 2.75) is 12.8 Å². The van der Waals surface area contributed by atoms with E-state index in [2.05, 4.69) is 20.5 Å². The first-order chi connectivity index (χ1) is 6.84. The first-order valence-corrected chi connectivity index (χ1v) is 5.99. The zero-order chi connectivity index (χ0) is 9.80. The Balaban J connectivity index is 1.76. The summed E-state index contributed by atoms with van der Waals surface area (Å²) in [4.78, 5) is 3.99. The molecule has 5 nitrogen and oxygen atoms in total. The number of rotatable bonds is 3. The van der Waals surface area contributed by atoms with Crippen molar-refractivity contribution < 1.29 is 0 Å². The third-order valence-corrected chi connectivity index (χ3v) is 3.44. The fourth-order valence-corrected chi connectivity index (χ4v) is 2.74. The predicted octanol–water partition coefficient (Wildman–Crippen LogP) is 0.942. The van der Waals surface area contributed by atoms with Gasteiger partial charge in [-0.2, -0.15) is 16.7 Å². The molecule has 0 amide bonds. The molecule has 0 unspecified atom stereocenters. The van der Waals surface area contributed by atoms with Gasteiger partial charge in [-0.3, -0.25) is 0 Å². The van der Waals surface area contributed by atoms with Crippen LogP contribution in [0.1, 0.15) is 12.8 Å². The highest BCUT2D eigenvalue weighted by atomic mass is 32.2. The van der Waals surface area contributed by atoms with E-state index in [0.29, 0.717) is 11.9 Å². The first kappa shape index (κ1) is 9.64. The maximum Gasteiger partial charge on any atom is 0.243 e. The van der Waals surface area contributed by atoms with Gasteiger partial charge in [0.1, 0.15) is 0 Å². The number of nitrogens with zero attached hydrogens (tertiary/aromatic N) is 2. The zero-order valence-corrected chi connectivity index (χ0v) is 8.81. The van der Waals surface area contributed by atoms with Gasteiger partial charge in [0.25, 0.3) is 0 Å². The molecule has 1 saturated heterocycles. The Morgan fingerprint density at radius 1 is 1.50 bits per heavy atom. The van der Waals surface area contributed by atoms with E-state index in [-0.39, 0.29) is 0 Å². The topological polar surface area (TPSA) is 79.6 Å². The van der Waals surface area contributed by atoms with Gasteiger partial charge in [-0.15, -0.1) is 5.10 Å². The van der Waals surface area contributed by atoms with E-state index in [1.165, 1.54) is 24.3 Å². The van der Waals surface area contributed by atoms with Crippen LogP contribution < -0.4 is 11.1 Å². The lowest BCUT2D eigenvalue weighted by Crippen LogP contribution is -2.19. The van der Waals surface area contributed by atoms with Gasteiger partial charge in [-0.25, -0.2) is 5.10 Å². The maximum absolute atomic E-state index is 5.41. The molecule has 1 aromatic rings. The van der Waals surface area contributed by atoms with E-state index in [1.807, 2.05) is 11.8 Å². The molecule has 0 spiro atoms. The molecule has 0 saturated carbocycles. The number of nitrogen functional groups attached to an aromatic ring is 1. The Hall–Kier alpha value is -0.910. The summed E-state index contributed by atoms with van der Waals surface area (Å²) in [6, 6.07) is 0. The van der Waals surface area contributed by atoms with Gasteiger partial charge in [0.2, 0.25) is 11.9 Å². The highest BCUT2D eigenvalue weighted by molar-refractivity contribution is 7.99. The summed E-state index contributed by atoms with van der Waals surface area (Å²) in [6.45, 7) is 0.956. The minimum Gasteiger partial charge on any atom is -0.368 e. The lowest BCUT2D eigenvalue weighted by Gasteiger charge is -2.20. The van der Waals surface area contributed by atoms with Crippen LogP contribution in [0.5, 0.6) is 0 Å². The summed E-state index contributed by atoms with van der Waals surface area (Å²) in [5, 5.41) is 9.72. The molecule has 6 heteroatoms. The largest absolute Gasteiger partial charge is 0.368 e. The molecule has 1 aliphatic rings. The second kappa shape index (κ2) is 4.54. The van der Waals surface area contributed by atoms with Gasteiger partial charge in [-0.1, -0.05) is 0 Å². The van der Waals surface area contributed by atoms with Crippen LogP contribution in [-0.4, -0.2) is 33.2 Å². The number of aromatic amines is 1. The van der Waals surface area contributed by atoms with Crippen LogP contribution in [0.15, 0.2) is 0 Å². The standard InChI is InChI=1S/C8H15N5S/c9-7-11-8(13-12-7)10-5-6-1-3-14-4-2-6/h6H,1-5H2,(H4,9,10,11,12,13). The van der Waals surface area contributed by atoms with E-state index in [4.69, 9.17) is 5.73 Å². The Labute approximate surface area is 87.2 Å². The molecule has 0 bridgehead atoms. The SMILES string of the molecule is Nc1nc(NCC2CCSCC2)n[nH]1. The van der Waals surface area contributed by atoms with Crippen LogP contribution in [-0.2, 0) is 0 Å². The monoisotopic (exact) mass is 213 g/mol. The first-order valence-electron chi connectivity index (χ1n) is 4.84. The minimum absolute atomic E-state index is 0.367. The number of anilines is 2. The number of hydrogen-bond donors (Lipinski definition) is 3. The molecular formula is C8H15N5S. The van der Waals surface area contributed by atoms with Gasteiger partial charge in [0.05, 0.1) is 0 Å². The van der Waals surface area contributed by atoms with Crippen LogP contribution in [0, 0.1) is 5.92 Å². The summed E-state index contributed by atoms with van der Waals surface area (Å²) in [5.41, 5.74) is 5.41. The van der Waals surface area contributed by atoms with Crippen molar-refractivity contribution >= 4 is 23.7 Å². The summed E-state index contributed by atoms with van der Waals surface area (Å²) < 4.78 is 0. The molecule has 1 aromatic heterocycles. The van der Waals surface area contributed by atoms with Crippen LogP contribution in [0.25, 0.3) is 0 Å². The average Bonchev–Trinajstić information content (AvgIpc) is 2.63. The van der Waals surface area contributed by atoms with Gasteiger partial charge in [0, 0.05) is 6.54 Å². The Morgan fingerprint density at radius 2 is 2.29 bits per heavy atom. The molecule has 14 heavy (non-hydrogen) atoms. The molecule has 0 aliphatic carbocycles. The van der Waals surface area contributed by atoms with Crippen molar-refractivity contribution in [3.63, 3.8) is 0 Å². The van der Waals surface area contributed by atoms with Crippen molar-refractivity contribution in [2.75, 3.05) is 29.1 Å². The van der Waals surface area contributed by atoms with Gasteiger partial charge in [0.15, 0.2) is 0 Å². The van der Waals surface area contributed by atoms with Crippen LogP contribution in [0.4, 0.5) is 11.9 Å². The second-order valence-corrected chi connectivity index (χ2v) is 4.71. The lowest BCUT2D eigenvalue weighted by atomic mass is 10.0. The van der Waals surface area contributed by atoms with Crippen molar-refractivity contribution in [2.24, 2.45) is 5.92 Å². The summed E-state index contributed by atoms with van der Waals surface area (Å²) in [6.07, 6.45) is 2.58. The fraction of sp³-hybridized carbons (Fsp3) is 0.750. The highest BCUT2D eigenvalue weighted by Gasteiger charge is 2.13. The van der Waals surface area contributed by atoms with E-state index in [0.717, 1.165) is 12.5 Å². The Morgan fingerprint density at radius 3 is 2.93 bits per heavy atom. The Bertz CT molecular complexity index is 281. The lowest BCUT2D eigenvalue weighted by molar-refractivity contribution is 0.515. The van der Waals surface area contributed by atoms with E-state index in [9.17, 15) is 0 Å². The molecule has 2 heterocycles. The Kier molecular flexibility index (Phi) is 3.13. The highest BCUT2D eigenvalue weighted by Crippen LogP contribution is 2.22. The molecule has 1 aliphatic heterocycles. The van der Waals surface area contributed by atoms with Crippen molar-refractivity contribution in [1.29, 1.82) is 0 Å². The maximum atomic E-state index is 5.41. The molecule has 0 atom stereocenters. The normalized spacial score (nSPS) is 18.3. The molecule has 4 N–H and O–H groups in total. The van der Waals surface area contributed by atoms with Crippen LogP contribution in [0.3, 0.4) is 0 Å². The molecule has 1 fully saturated rings. The van der Waals surface area contributed by atoms with Gasteiger partial charge < -0.3 is 11.1 Å². The number of hydrogen-bond acceptors (Lipinski definition) is 5. The smallest absolute Gasteiger partial charge is 0.243 e. The minimum atomic E-state index is 0.367. The third kappa shape index (κ3) is 2.54. The number of thioether (sulfide) groups is 1. The molecule has 78 valence electrons. The number of H-pyrrole nitrogens is 1. The average molecular weight is 213 g/mol. The molecule has 2 rings (SSSR count). The van der Waals surface area contributed by atoms with E-state index < -0.39 is 0 Å². The predicted molar refractivity (Wildman–Crippen MR) is 59.3 cm³/mol. The molecular weight excluding hydrogens is 198 g/mol. The fourth-order valence-electron chi connectivity index (χ4n) is 1.54. The van der Waals surface area contributed by atoms with E-state index >= 15 is 0 Å². The van der Waals surface area contributed by atoms with Crippen molar-refractivity contribution in [3.8, 4) is 0 Å².